The lowest BCUT2D eigenvalue weighted by atomic mass is 10.0. The SMILES string of the molecule is CC(C)(C)OC(=O)NCCCC[C@H](NC(=O)[C@@H]1C[C@@H](OCc2ccc(Cl)cc2)CN1C(=O)[C@@H](CCc1ccccc1)NS(C)(=O)=O)C(O)C(=O)NCc1ccncc1. The van der Waals surface area contributed by atoms with Crippen LogP contribution in [0.1, 0.15) is 69.6 Å². The van der Waals surface area contributed by atoms with Gasteiger partial charge in [-0.1, -0.05) is 54.1 Å². The maximum atomic E-state index is 14.3. The Balaban J connectivity index is 1.54. The van der Waals surface area contributed by atoms with Crippen molar-refractivity contribution in [1.82, 2.24) is 30.6 Å². The van der Waals surface area contributed by atoms with Gasteiger partial charge in [0.05, 0.1) is 25.0 Å². The van der Waals surface area contributed by atoms with Gasteiger partial charge in [0.15, 0.2) is 6.10 Å². The number of nitrogens with one attached hydrogen (secondary N) is 4. The quantitative estimate of drug-likeness (QED) is 0.105. The van der Waals surface area contributed by atoms with E-state index < -0.39 is 69.8 Å². The van der Waals surface area contributed by atoms with Gasteiger partial charge in [-0.25, -0.2) is 17.9 Å². The molecule has 15 nitrogen and oxygen atoms in total. The third kappa shape index (κ3) is 16.0. The number of benzene rings is 2. The molecule has 2 heterocycles. The molecular formula is C41H55ClN6O9S. The van der Waals surface area contributed by atoms with Crippen LogP contribution in [-0.4, -0.2) is 103 Å². The first kappa shape index (κ1) is 46.1. The van der Waals surface area contributed by atoms with Crippen LogP contribution in [0.4, 0.5) is 4.79 Å². The highest BCUT2D eigenvalue weighted by Crippen LogP contribution is 2.25. The predicted octanol–water partition coefficient (Wildman–Crippen LogP) is 3.63. The Bertz CT molecular complexity index is 1900. The van der Waals surface area contributed by atoms with Gasteiger partial charge in [0.25, 0.3) is 5.91 Å². The number of halogens is 1. The Hall–Kier alpha value is -4.61. The lowest BCUT2D eigenvalue weighted by Crippen LogP contribution is -2.57. The van der Waals surface area contributed by atoms with E-state index in [1.807, 2.05) is 30.3 Å². The van der Waals surface area contributed by atoms with Crippen molar-refractivity contribution in [3.63, 3.8) is 0 Å². The number of unbranched alkanes of at least 4 members (excludes halogenated alkanes) is 1. The summed E-state index contributed by atoms with van der Waals surface area (Å²) >= 11 is 6.05. The van der Waals surface area contributed by atoms with Crippen molar-refractivity contribution in [2.75, 3.05) is 19.3 Å². The van der Waals surface area contributed by atoms with Crippen molar-refractivity contribution in [3.05, 3.63) is 101 Å². The molecule has 1 saturated heterocycles. The van der Waals surface area contributed by atoms with Crippen molar-refractivity contribution >= 4 is 45.4 Å². The highest BCUT2D eigenvalue weighted by Gasteiger charge is 2.44. The van der Waals surface area contributed by atoms with E-state index in [9.17, 15) is 32.7 Å². The zero-order chi connectivity index (χ0) is 42.3. The van der Waals surface area contributed by atoms with Gasteiger partial charge in [0.2, 0.25) is 21.8 Å². The maximum Gasteiger partial charge on any atom is 0.407 e. The van der Waals surface area contributed by atoms with Crippen molar-refractivity contribution in [2.24, 2.45) is 0 Å². The third-order valence-electron chi connectivity index (χ3n) is 9.27. The van der Waals surface area contributed by atoms with Gasteiger partial charge < -0.3 is 35.4 Å². The number of hydrogen-bond acceptors (Lipinski definition) is 10. The Labute approximate surface area is 345 Å². The van der Waals surface area contributed by atoms with Crippen molar-refractivity contribution < 1.29 is 42.2 Å². The molecule has 316 valence electrons. The summed E-state index contributed by atoms with van der Waals surface area (Å²) in [4.78, 5) is 59.4. The topological polar surface area (TPSA) is 205 Å². The molecular weight excluding hydrogens is 788 g/mol. The number of amides is 4. The molecule has 2 aromatic carbocycles. The zero-order valence-corrected chi connectivity index (χ0v) is 34.9. The average molecular weight is 843 g/mol. The van der Waals surface area contributed by atoms with Crippen LogP contribution in [0.2, 0.25) is 5.02 Å². The molecule has 17 heteroatoms. The van der Waals surface area contributed by atoms with Gasteiger partial charge in [-0.3, -0.25) is 19.4 Å². The molecule has 0 radical (unpaired) electrons. The summed E-state index contributed by atoms with van der Waals surface area (Å²) in [6.45, 7) is 5.74. The summed E-state index contributed by atoms with van der Waals surface area (Å²) in [5.41, 5.74) is 1.79. The number of sulfonamides is 1. The molecule has 1 fully saturated rings. The van der Waals surface area contributed by atoms with Gasteiger partial charge in [-0.05, 0) is 93.8 Å². The summed E-state index contributed by atoms with van der Waals surface area (Å²) in [5.74, 6) is -1.99. The molecule has 1 aliphatic rings. The lowest BCUT2D eigenvalue weighted by molar-refractivity contribution is -0.141. The fourth-order valence-electron chi connectivity index (χ4n) is 6.41. The fraction of sp³-hybridized carbons (Fsp3) is 0.488. The second kappa shape index (κ2) is 22.0. The molecule has 1 aromatic heterocycles. The number of nitrogens with zero attached hydrogens (tertiary/aromatic N) is 2. The van der Waals surface area contributed by atoms with Gasteiger partial charge >= 0.3 is 6.09 Å². The van der Waals surface area contributed by atoms with E-state index in [2.05, 4.69) is 25.7 Å². The smallest absolute Gasteiger partial charge is 0.407 e. The number of aryl methyl sites for hydroxylation is 1. The van der Waals surface area contributed by atoms with Gasteiger partial charge in [-0.15, -0.1) is 0 Å². The molecule has 0 bridgehead atoms. The standard InChI is InChI=1S/C41H55ClN6O9S/c1-41(2,3)57-40(53)44-21-9-8-12-33(36(49)38(51)45-25-29-19-22-43-23-20-29)46-37(50)35-24-32(56-27-30-13-16-31(42)17-14-30)26-48(35)39(52)34(47-58(4,54)55)18-15-28-10-6-5-7-11-28/h5-7,10-11,13-14,16-17,19-20,22-23,32-36,47,49H,8-9,12,15,18,21,24-27H2,1-4H3,(H,44,53)(H,45,51)(H,46,50)/t32-,33+,34-,35+,36?/m1/s1. The van der Waals surface area contributed by atoms with E-state index in [4.69, 9.17) is 21.1 Å². The van der Waals surface area contributed by atoms with Crippen LogP contribution in [0.25, 0.3) is 0 Å². The van der Waals surface area contributed by atoms with Crippen LogP contribution in [-0.2, 0) is 53.5 Å². The highest BCUT2D eigenvalue weighted by molar-refractivity contribution is 7.88. The van der Waals surface area contributed by atoms with E-state index in [0.29, 0.717) is 24.3 Å². The Kier molecular flexibility index (Phi) is 17.4. The van der Waals surface area contributed by atoms with Crippen LogP contribution in [0.3, 0.4) is 0 Å². The molecule has 4 rings (SSSR count). The number of alkyl carbamates (subject to hydrolysis) is 1. The minimum atomic E-state index is -3.85. The monoisotopic (exact) mass is 842 g/mol. The first-order chi connectivity index (χ1) is 27.5. The summed E-state index contributed by atoms with van der Waals surface area (Å²) in [6.07, 6.45) is 2.75. The van der Waals surface area contributed by atoms with E-state index in [1.165, 1.54) is 4.90 Å². The second-order valence-electron chi connectivity index (χ2n) is 15.3. The van der Waals surface area contributed by atoms with E-state index >= 15 is 0 Å². The number of aliphatic hydroxyl groups excluding tert-OH is 1. The average Bonchev–Trinajstić information content (AvgIpc) is 3.61. The van der Waals surface area contributed by atoms with Gasteiger partial charge in [0, 0.05) is 43.5 Å². The van der Waals surface area contributed by atoms with Gasteiger partial charge in [-0.2, -0.15) is 0 Å². The first-order valence-electron chi connectivity index (χ1n) is 19.3. The number of rotatable bonds is 20. The first-order valence-corrected chi connectivity index (χ1v) is 21.5. The van der Waals surface area contributed by atoms with Crippen molar-refractivity contribution in [3.8, 4) is 0 Å². The number of hydrogen-bond donors (Lipinski definition) is 5. The molecule has 0 spiro atoms. The van der Waals surface area contributed by atoms with Crippen molar-refractivity contribution in [2.45, 2.75) is 108 Å². The lowest BCUT2D eigenvalue weighted by Gasteiger charge is -2.30. The Morgan fingerprint density at radius 3 is 2.28 bits per heavy atom. The van der Waals surface area contributed by atoms with Crippen LogP contribution in [0.15, 0.2) is 79.1 Å². The van der Waals surface area contributed by atoms with Crippen LogP contribution >= 0.6 is 11.6 Å². The molecule has 5 N–H and O–H groups in total. The minimum Gasteiger partial charge on any atom is -0.444 e. The van der Waals surface area contributed by atoms with Crippen LogP contribution in [0, 0.1) is 0 Å². The summed E-state index contributed by atoms with van der Waals surface area (Å²) in [5, 5.41) is 20.1. The predicted molar refractivity (Wildman–Crippen MR) is 219 cm³/mol. The van der Waals surface area contributed by atoms with Gasteiger partial charge in [0.1, 0.15) is 17.7 Å². The van der Waals surface area contributed by atoms with Crippen LogP contribution < -0.4 is 20.7 Å². The normalized spacial score (nSPS) is 17.2. The highest BCUT2D eigenvalue weighted by atomic mass is 35.5. The molecule has 3 aromatic rings. The van der Waals surface area contributed by atoms with Crippen molar-refractivity contribution in [1.29, 1.82) is 0 Å². The molecule has 58 heavy (non-hydrogen) atoms. The summed E-state index contributed by atoms with van der Waals surface area (Å²) < 4.78 is 39.0. The fourth-order valence-corrected chi connectivity index (χ4v) is 7.27. The number of aromatic nitrogens is 1. The largest absolute Gasteiger partial charge is 0.444 e. The number of carbonyl (C=O) groups is 4. The molecule has 5 atom stereocenters. The molecule has 0 saturated carbocycles. The number of likely N-dealkylation sites (tertiary alicyclic amines) is 1. The number of ether oxygens (including phenoxy) is 2. The molecule has 0 aliphatic carbocycles. The summed E-state index contributed by atoms with van der Waals surface area (Å²) in [6, 6.07) is 16.4. The Morgan fingerprint density at radius 1 is 0.931 bits per heavy atom. The Morgan fingerprint density at radius 2 is 1.62 bits per heavy atom. The second-order valence-corrected chi connectivity index (χ2v) is 17.5. The zero-order valence-electron chi connectivity index (χ0n) is 33.4. The third-order valence-corrected chi connectivity index (χ3v) is 10.2. The van der Waals surface area contributed by atoms with Crippen LogP contribution in [0.5, 0.6) is 0 Å². The summed E-state index contributed by atoms with van der Waals surface area (Å²) in [7, 11) is -3.85. The van der Waals surface area contributed by atoms with E-state index in [-0.39, 0.29) is 45.5 Å². The maximum absolute atomic E-state index is 14.3. The number of carbonyl (C=O) groups excluding carboxylic acids is 4. The minimum absolute atomic E-state index is 0.0201. The number of aliphatic hydroxyl groups is 1. The molecule has 1 aliphatic heterocycles. The number of pyridine rings is 1. The van der Waals surface area contributed by atoms with E-state index in [0.717, 1.165) is 22.9 Å². The molecule has 4 amide bonds. The molecule has 1 unspecified atom stereocenters. The van der Waals surface area contributed by atoms with E-state index in [1.54, 1.807) is 69.6 Å².